The number of carbonyl (C=O) groups is 1. The zero-order valence-corrected chi connectivity index (χ0v) is 8.41. The van der Waals surface area contributed by atoms with Gasteiger partial charge in [-0.15, -0.1) is 0 Å². The Labute approximate surface area is 83.3 Å². The summed E-state index contributed by atoms with van der Waals surface area (Å²) in [5.74, 6) is -0.169. The van der Waals surface area contributed by atoms with E-state index in [1.165, 1.54) is 0 Å². The molecule has 1 N–H and O–H groups in total. The highest BCUT2D eigenvalue weighted by atomic mass is 16.5. The van der Waals surface area contributed by atoms with E-state index >= 15 is 0 Å². The van der Waals surface area contributed by atoms with E-state index in [4.69, 9.17) is 9.84 Å². The fourth-order valence-electron chi connectivity index (χ4n) is 1.31. The maximum Gasteiger partial charge on any atom is 0.307 e. The SMILES string of the molecule is CCOc1ccc(C)cc1CC(=O)O. The van der Waals surface area contributed by atoms with Crippen molar-refractivity contribution in [3.63, 3.8) is 0 Å². The summed E-state index contributed by atoms with van der Waals surface area (Å²) >= 11 is 0. The van der Waals surface area contributed by atoms with Crippen molar-refractivity contribution in [1.82, 2.24) is 0 Å². The second kappa shape index (κ2) is 4.65. The number of aryl methyl sites for hydroxylation is 1. The molecule has 0 unspecified atom stereocenters. The first-order valence-electron chi connectivity index (χ1n) is 4.57. The minimum absolute atomic E-state index is 0.0109. The van der Waals surface area contributed by atoms with E-state index < -0.39 is 5.97 Å². The Morgan fingerprint density at radius 2 is 2.21 bits per heavy atom. The first-order chi connectivity index (χ1) is 6.63. The molecule has 0 heterocycles. The Morgan fingerprint density at radius 3 is 2.79 bits per heavy atom. The van der Waals surface area contributed by atoms with Crippen LogP contribution >= 0.6 is 0 Å². The number of hydrogen-bond acceptors (Lipinski definition) is 2. The molecule has 0 fully saturated rings. The molecule has 76 valence electrons. The van der Waals surface area contributed by atoms with Crippen LogP contribution in [0.4, 0.5) is 0 Å². The van der Waals surface area contributed by atoms with Crippen molar-refractivity contribution in [2.75, 3.05) is 6.61 Å². The smallest absolute Gasteiger partial charge is 0.307 e. The van der Waals surface area contributed by atoms with Gasteiger partial charge in [-0.3, -0.25) is 4.79 Å². The molecule has 0 aliphatic rings. The fraction of sp³-hybridized carbons (Fsp3) is 0.364. The normalized spacial score (nSPS) is 9.86. The Balaban J connectivity index is 2.96. The highest BCUT2D eigenvalue weighted by Crippen LogP contribution is 2.20. The lowest BCUT2D eigenvalue weighted by Gasteiger charge is -2.09. The monoisotopic (exact) mass is 194 g/mol. The Hall–Kier alpha value is -1.51. The number of carboxylic acids is 1. The fourth-order valence-corrected chi connectivity index (χ4v) is 1.31. The molecular weight excluding hydrogens is 180 g/mol. The van der Waals surface area contributed by atoms with Gasteiger partial charge in [-0.25, -0.2) is 0 Å². The molecule has 0 atom stereocenters. The lowest BCUT2D eigenvalue weighted by molar-refractivity contribution is -0.136. The second-order valence-corrected chi connectivity index (χ2v) is 3.11. The van der Waals surface area contributed by atoms with Gasteiger partial charge in [0.1, 0.15) is 5.75 Å². The Bertz CT molecular complexity index is 331. The molecular formula is C11H14O3. The Kier molecular flexibility index (Phi) is 3.51. The molecule has 3 heteroatoms. The van der Waals surface area contributed by atoms with Crippen LogP contribution in [0.3, 0.4) is 0 Å². The van der Waals surface area contributed by atoms with Gasteiger partial charge in [0.05, 0.1) is 13.0 Å². The van der Waals surface area contributed by atoms with E-state index in [1.807, 2.05) is 32.0 Å². The molecule has 0 radical (unpaired) electrons. The molecule has 0 bridgehead atoms. The van der Waals surface area contributed by atoms with Crippen LogP contribution in [-0.4, -0.2) is 17.7 Å². The standard InChI is InChI=1S/C11H14O3/c1-3-14-10-5-4-8(2)6-9(10)7-11(12)13/h4-6H,3,7H2,1-2H3,(H,12,13). The van der Waals surface area contributed by atoms with E-state index in [9.17, 15) is 4.79 Å². The molecule has 0 saturated carbocycles. The van der Waals surface area contributed by atoms with Crippen LogP contribution in [0, 0.1) is 6.92 Å². The first kappa shape index (κ1) is 10.6. The summed E-state index contributed by atoms with van der Waals surface area (Å²) in [5.41, 5.74) is 1.78. The third kappa shape index (κ3) is 2.76. The molecule has 0 aromatic heterocycles. The molecule has 1 aromatic rings. The third-order valence-electron chi connectivity index (χ3n) is 1.86. The topological polar surface area (TPSA) is 46.5 Å². The number of rotatable bonds is 4. The first-order valence-corrected chi connectivity index (χ1v) is 4.57. The summed E-state index contributed by atoms with van der Waals surface area (Å²) in [6.07, 6.45) is 0.0109. The highest BCUT2D eigenvalue weighted by molar-refractivity contribution is 5.71. The van der Waals surface area contributed by atoms with E-state index in [1.54, 1.807) is 0 Å². The van der Waals surface area contributed by atoms with Gasteiger partial charge in [0.25, 0.3) is 0 Å². The minimum Gasteiger partial charge on any atom is -0.494 e. The average Bonchev–Trinajstić information content (AvgIpc) is 2.09. The van der Waals surface area contributed by atoms with Crippen LogP contribution in [0.15, 0.2) is 18.2 Å². The van der Waals surface area contributed by atoms with Gasteiger partial charge in [-0.1, -0.05) is 17.7 Å². The molecule has 3 nitrogen and oxygen atoms in total. The average molecular weight is 194 g/mol. The van der Waals surface area contributed by atoms with Crippen molar-refractivity contribution in [1.29, 1.82) is 0 Å². The number of ether oxygens (including phenoxy) is 1. The van der Waals surface area contributed by atoms with Crippen molar-refractivity contribution < 1.29 is 14.6 Å². The lowest BCUT2D eigenvalue weighted by atomic mass is 10.1. The number of aliphatic carboxylic acids is 1. The van der Waals surface area contributed by atoms with E-state index in [2.05, 4.69) is 0 Å². The van der Waals surface area contributed by atoms with Gasteiger partial charge in [-0.05, 0) is 19.9 Å². The summed E-state index contributed by atoms with van der Waals surface area (Å²) in [7, 11) is 0. The van der Waals surface area contributed by atoms with Crippen molar-refractivity contribution >= 4 is 5.97 Å². The summed E-state index contributed by atoms with van der Waals surface area (Å²) in [6, 6.07) is 5.58. The molecule has 1 rings (SSSR count). The van der Waals surface area contributed by atoms with Gasteiger partial charge in [0, 0.05) is 5.56 Å². The van der Waals surface area contributed by atoms with Gasteiger partial charge in [0.15, 0.2) is 0 Å². The molecule has 0 spiro atoms. The quantitative estimate of drug-likeness (QED) is 0.797. The number of benzene rings is 1. The van der Waals surface area contributed by atoms with Gasteiger partial charge >= 0.3 is 5.97 Å². The van der Waals surface area contributed by atoms with Crippen molar-refractivity contribution in [2.24, 2.45) is 0 Å². The maximum absolute atomic E-state index is 10.6. The largest absolute Gasteiger partial charge is 0.494 e. The van der Waals surface area contributed by atoms with Gasteiger partial charge < -0.3 is 9.84 Å². The molecule has 0 aliphatic heterocycles. The minimum atomic E-state index is -0.837. The van der Waals surface area contributed by atoms with E-state index in [0.717, 1.165) is 11.1 Å². The van der Waals surface area contributed by atoms with Crippen molar-refractivity contribution in [3.8, 4) is 5.75 Å². The number of hydrogen-bond donors (Lipinski definition) is 1. The summed E-state index contributed by atoms with van der Waals surface area (Å²) < 4.78 is 5.33. The number of carboxylic acid groups (broad SMARTS) is 1. The lowest BCUT2D eigenvalue weighted by Crippen LogP contribution is -2.04. The third-order valence-corrected chi connectivity index (χ3v) is 1.86. The molecule has 0 saturated heterocycles. The molecule has 0 amide bonds. The predicted molar refractivity (Wildman–Crippen MR) is 53.7 cm³/mol. The van der Waals surface area contributed by atoms with Crippen molar-refractivity contribution in [2.45, 2.75) is 20.3 Å². The van der Waals surface area contributed by atoms with E-state index in [0.29, 0.717) is 12.4 Å². The van der Waals surface area contributed by atoms with Gasteiger partial charge in [-0.2, -0.15) is 0 Å². The summed E-state index contributed by atoms with van der Waals surface area (Å²) in [6.45, 7) is 4.36. The van der Waals surface area contributed by atoms with Crippen LogP contribution in [0.1, 0.15) is 18.1 Å². The van der Waals surface area contributed by atoms with Gasteiger partial charge in [0.2, 0.25) is 0 Å². The van der Waals surface area contributed by atoms with Crippen LogP contribution in [0.5, 0.6) is 5.75 Å². The van der Waals surface area contributed by atoms with Crippen LogP contribution in [-0.2, 0) is 11.2 Å². The summed E-state index contributed by atoms with van der Waals surface area (Å²) in [4.78, 5) is 10.6. The molecule has 0 aliphatic carbocycles. The molecule has 14 heavy (non-hydrogen) atoms. The molecule has 1 aromatic carbocycles. The summed E-state index contributed by atoms with van der Waals surface area (Å²) in [5, 5.41) is 8.69. The van der Waals surface area contributed by atoms with Crippen molar-refractivity contribution in [3.05, 3.63) is 29.3 Å². The second-order valence-electron chi connectivity index (χ2n) is 3.11. The van der Waals surface area contributed by atoms with Crippen LogP contribution in [0.25, 0.3) is 0 Å². The zero-order chi connectivity index (χ0) is 10.6. The Morgan fingerprint density at radius 1 is 1.50 bits per heavy atom. The van der Waals surface area contributed by atoms with Crippen LogP contribution in [0.2, 0.25) is 0 Å². The van der Waals surface area contributed by atoms with Crippen LogP contribution < -0.4 is 4.74 Å². The predicted octanol–water partition coefficient (Wildman–Crippen LogP) is 2.02. The maximum atomic E-state index is 10.6. The van der Waals surface area contributed by atoms with E-state index in [-0.39, 0.29) is 6.42 Å². The highest BCUT2D eigenvalue weighted by Gasteiger charge is 2.07. The zero-order valence-electron chi connectivity index (χ0n) is 8.41.